The summed E-state index contributed by atoms with van der Waals surface area (Å²) in [5, 5.41) is 6.14. The summed E-state index contributed by atoms with van der Waals surface area (Å²) < 4.78 is 27.3. The molecule has 9 nitrogen and oxygen atoms in total. The van der Waals surface area contributed by atoms with E-state index in [0.717, 1.165) is 0 Å². The van der Waals surface area contributed by atoms with Crippen molar-refractivity contribution in [2.45, 2.75) is 17.9 Å². The molecule has 1 heterocycles. The average molecular weight is 481 g/mol. The smallest absolute Gasteiger partial charge is 0.319 e. The van der Waals surface area contributed by atoms with Crippen molar-refractivity contribution in [3.05, 3.63) is 70.3 Å². The van der Waals surface area contributed by atoms with E-state index < -0.39 is 22.1 Å². The van der Waals surface area contributed by atoms with Crippen molar-refractivity contribution in [2.75, 3.05) is 15.8 Å². The molecular weight excluding hydrogens is 463 g/mol. The topological polar surface area (TPSA) is 139 Å². The van der Waals surface area contributed by atoms with Gasteiger partial charge >= 0.3 is 6.03 Å². The molecule has 2 aromatic carbocycles. The van der Waals surface area contributed by atoms with Gasteiger partial charge in [0, 0.05) is 11.9 Å². The van der Waals surface area contributed by atoms with Crippen LogP contribution in [0.4, 0.5) is 22.2 Å². The predicted octanol–water partition coefficient (Wildman–Crippen LogP) is 4.05. The molecule has 0 unspecified atom stereocenters. The molecule has 3 rings (SSSR count). The number of nitrogens with one attached hydrogen (secondary N) is 3. The van der Waals surface area contributed by atoms with Crippen LogP contribution in [0.5, 0.6) is 0 Å². The molecule has 31 heavy (non-hydrogen) atoms. The van der Waals surface area contributed by atoms with E-state index in [0.29, 0.717) is 21.3 Å². The van der Waals surface area contributed by atoms with Gasteiger partial charge in [-0.2, -0.15) is 4.98 Å². The van der Waals surface area contributed by atoms with Gasteiger partial charge < -0.3 is 16.4 Å². The monoisotopic (exact) mass is 480 g/mol. The fraction of sp³-hybridized carbons (Fsp3) is 0.105. The van der Waals surface area contributed by atoms with Crippen molar-refractivity contribution < 1.29 is 13.2 Å². The number of amides is 2. The molecule has 0 aliphatic carbocycles. The van der Waals surface area contributed by atoms with Gasteiger partial charge in [-0.1, -0.05) is 35.3 Å². The number of urea groups is 1. The second-order valence-electron chi connectivity index (χ2n) is 6.39. The molecule has 0 bridgehead atoms. The minimum Gasteiger partial charge on any atom is -0.368 e. The van der Waals surface area contributed by atoms with Gasteiger partial charge in [0.1, 0.15) is 5.82 Å². The lowest BCUT2D eigenvalue weighted by Crippen LogP contribution is -2.31. The zero-order valence-corrected chi connectivity index (χ0v) is 18.5. The second-order valence-corrected chi connectivity index (χ2v) is 8.86. The highest BCUT2D eigenvalue weighted by Gasteiger charge is 2.17. The molecule has 0 saturated heterocycles. The number of rotatable bonds is 6. The van der Waals surface area contributed by atoms with Crippen molar-refractivity contribution in [1.29, 1.82) is 0 Å². The van der Waals surface area contributed by atoms with Gasteiger partial charge in [-0.05, 0) is 48.9 Å². The van der Waals surface area contributed by atoms with E-state index in [1.807, 2.05) is 0 Å². The molecule has 12 heteroatoms. The molecule has 2 amide bonds. The van der Waals surface area contributed by atoms with Crippen molar-refractivity contribution in [3.63, 3.8) is 0 Å². The Morgan fingerprint density at radius 2 is 1.81 bits per heavy atom. The first-order chi connectivity index (χ1) is 14.7. The van der Waals surface area contributed by atoms with Crippen LogP contribution in [0.25, 0.3) is 0 Å². The van der Waals surface area contributed by atoms with E-state index in [1.54, 1.807) is 25.1 Å². The first-order valence-electron chi connectivity index (χ1n) is 8.88. The number of sulfonamides is 1. The molecule has 0 saturated carbocycles. The molecule has 0 radical (unpaired) electrons. The summed E-state index contributed by atoms with van der Waals surface area (Å²) in [6.45, 7) is 1.76. The number of hydrogen-bond acceptors (Lipinski definition) is 6. The number of anilines is 3. The number of aromatic nitrogens is 2. The number of nitrogens with zero attached hydrogens (tertiary/aromatic N) is 2. The Kier molecular flexibility index (Phi) is 6.84. The first kappa shape index (κ1) is 22.6. The van der Waals surface area contributed by atoms with E-state index in [4.69, 9.17) is 28.9 Å². The maximum Gasteiger partial charge on any atom is 0.319 e. The Labute approximate surface area is 189 Å². The molecule has 0 fully saturated rings. The van der Waals surface area contributed by atoms with Crippen LogP contribution in [-0.4, -0.2) is 24.4 Å². The normalized spacial score (nSPS) is 12.1. The summed E-state index contributed by atoms with van der Waals surface area (Å²) in [6.07, 6.45) is 1.34. The largest absolute Gasteiger partial charge is 0.368 e. The van der Waals surface area contributed by atoms with E-state index in [9.17, 15) is 13.2 Å². The van der Waals surface area contributed by atoms with E-state index in [2.05, 4.69) is 25.3 Å². The minimum atomic E-state index is -3.89. The van der Waals surface area contributed by atoms with Crippen molar-refractivity contribution >= 4 is 56.7 Å². The summed E-state index contributed by atoms with van der Waals surface area (Å²) in [7, 11) is -3.89. The fourth-order valence-electron chi connectivity index (χ4n) is 2.64. The third-order valence-corrected chi connectivity index (χ3v) is 6.34. The molecule has 0 spiro atoms. The van der Waals surface area contributed by atoms with Gasteiger partial charge in [0.25, 0.3) is 10.0 Å². The SMILES string of the molecule is C[C@@H](NC(=O)Nc1ccc(S(=O)(=O)Nc2ccnc(N)n2)cc1)c1cccc(Cl)c1Cl. The number of halogens is 2. The Hall–Kier alpha value is -3.08. The number of nitrogen functional groups attached to an aromatic ring is 1. The maximum atomic E-state index is 12.5. The Morgan fingerprint density at radius 1 is 1.10 bits per heavy atom. The number of carbonyl (C=O) groups is 1. The Bertz CT molecular complexity index is 1210. The van der Waals surface area contributed by atoms with Gasteiger partial charge in [-0.15, -0.1) is 0 Å². The Morgan fingerprint density at radius 3 is 2.48 bits per heavy atom. The molecule has 1 atom stereocenters. The van der Waals surface area contributed by atoms with Crippen LogP contribution in [0.3, 0.4) is 0 Å². The lowest BCUT2D eigenvalue weighted by Gasteiger charge is -2.17. The molecule has 3 aromatic rings. The highest BCUT2D eigenvalue weighted by atomic mass is 35.5. The van der Waals surface area contributed by atoms with E-state index in [-0.39, 0.29) is 16.7 Å². The number of benzene rings is 2. The predicted molar refractivity (Wildman–Crippen MR) is 121 cm³/mol. The maximum absolute atomic E-state index is 12.5. The van der Waals surface area contributed by atoms with Crippen LogP contribution in [0, 0.1) is 0 Å². The van der Waals surface area contributed by atoms with Crippen LogP contribution in [0.2, 0.25) is 10.0 Å². The number of nitrogens with two attached hydrogens (primary N) is 1. The summed E-state index contributed by atoms with van der Waals surface area (Å²) in [5.74, 6) is -0.0122. The van der Waals surface area contributed by atoms with Crippen molar-refractivity contribution in [3.8, 4) is 0 Å². The standard InChI is InChI=1S/C19H18Cl2N6O3S/c1-11(14-3-2-4-15(20)17(14)21)24-19(28)25-12-5-7-13(8-6-12)31(29,30)27-16-9-10-23-18(22)26-16/h2-11H,1H3,(H2,24,25,28)(H3,22,23,26,27)/t11-/m1/s1. The highest BCUT2D eigenvalue weighted by molar-refractivity contribution is 7.92. The van der Waals surface area contributed by atoms with Gasteiger partial charge in [-0.25, -0.2) is 18.2 Å². The fourth-order valence-corrected chi connectivity index (χ4v) is 4.11. The number of hydrogen-bond donors (Lipinski definition) is 4. The van der Waals surface area contributed by atoms with Gasteiger partial charge in [-0.3, -0.25) is 4.72 Å². The Balaban J connectivity index is 1.64. The zero-order valence-electron chi connectivity index (χ0n) is 16.1. The van der Waals surface area contributed by atoms with Crippen molar-refractivity contribution in [2.24, 2.45) is 0 Å². The molecule has 0 aliphatic rings. The molecule has 1 aromatic heterocycles. The third-order valence-electron chi connectivity index (χ3n) is 4.13. The summed E-state index contributed by atoms with van der Waals surface area (Å²) in [5.41, 5.74) is 6.52. The van der Waals surface area contributed by atoms with E-state index in [1.165, 1.54) is 36.5 Å². The molecule has 162 valence electrons. The summed E-state index contributed by atoms with van der Waals surface area (Å²) >= 11 is 12.2. The molecule has 0 aliphatic heterocycles. The van der Waals surface area contributed by atoms with Crippen LogP contribution in [0.15, 0.2) is 59.6 Å². The molecule has 5 N–H and O–H groups in total. The van der Waals surface area contributed by atoms with Crippen LogP contribution in [-0.2, 0) is 10.0 Å². The van der Waals surface area contributed by atoms with E-state index >= 15 is 0 Å². The van der Waals surface area contributed by atoms with Crippen LogP contribution >= 0.6 is 23.2 Å². The van der Waals surface area contributed by atoms with Gasteiger partial charge in [0.2, 0.25) is 5.95 Å². The van der Waals surface area contributed by atoms with Crippen LogP contribution in [0.1, 0.15) is 18.5 Å². The third kappa shape index (κ3) is 5.75. The highest BCUT2D eigenvalue weighted by Crippen LogP contribution is 2.29. The van der Waals surface area contributed by atoms with Crippen molar-refractivity contribution in [1.82, 2.24) is 15.3 Å². The lowest BCUT2D eigenvalue weighted by atomic mass is 10.1. The minimum absolute atomic E-state index is 0.0188. The number of carbonyl (C=O) groups excluding carboxylic acids is 1. The molecular formula is C19H18Cl2N6O3S. The second kappa shape index (κ2) is 9.38. The lowest BCUT2D eigenvalue weighted by molar-refractivity contribution is 0.249. The van der Waals surface area contributed by atoms with Gasteiger partial charge in [0.15, 0.2) is 0 Å². The summed E-state index contributed by atoms with van der Waals surface area (Å²) in [4.78, 5) is 19.8. The zero-order chi connectivity index (χ0) is 22.6. The van der Waals surface area contributed by atoms with Gasteiger partial charge in [0.05, 0.1) is 21.0 Å². The average Bonchev–Trinajstić information content (AvgIpc) is 2.70. The quantitative estimate of drug-likeness (QED) is 0.419. The van der Waals surface area contributed by atoms with Crippen LogP contribution < -0.4 is 21.1 Å². The first-order valence-corrected chi connectivity index (χ1v) is 11.1. The summed E-state index contributed by atoms with van der Waals surface area (Å²) in [6, 6.07) is 11.2.